The Labute approximate surface area is 158 Å². The summed E-state index contributed by atoms with van der Waals surface area (Å²) in [6.07, 6.45) is 2.29. The number of hydrogen-bond donors (Lipinski definition) is 1. The van der Waals surface area contributed by atoms with Crippen molar-refractivity contribution in [2.24, 2.45) is 0 Å². The van der Waals surface area contributed by atoms with E-state index >= 15 is 0 Å². The summed E-state index contributed by atoms with van der Waals surface area (Å²) in [7, 11) is 0. The Hall–Kier alpha value is -3.14. The van der Waals surface area contributed by atoms with E-state index in [2.05, 4.69) is 0 Å². The average molecular weight is 364 g/mol. The molecule has 3 nitrogen and oxygen atoms in total. The van der Waals surface area contributed by atoms with Crippen LogP contribution in [0.25, 0.3) is 0 Å². The van der Waals surface area contributed by atoms with E-state index in [0.29, 0.717) is 18.8 Å². The summed E-state index contributed by atoms with van der Waals surface area (Å²) in [5.74, 6) is -0.508. The number of carboxylic acids is 1. The molecule has 1 N–H and O–H groups in total. The van der Waals surface area contributed by atoms with Crippen molar-refractivity contribution in [1.29, 1.82) is 0 Å². The zero-order valence-electron chi connectivity index (χ0n) is 14.9. The molecule has 0 aliphatic rings. The Bertz CT molecular complexity index is 889. The molecule has 3 aromatic rings. The van der Waals surface area contributed by atoms with Gasteiger partial charge in [0, 0.05) is 0 Å². The van der Waals surface area contributed by atoms with Crippen LogP contribution >= 0.6 is 0 Å². The van der Waals surface area contributed by atoms with Gasteiger partial charge in [0.25, 0.3) is 0 Å². The number of aryl methyl sites for hydroxylation is 2. The van der Waals surface area contributed by atoms with Crippen LogP contribution in [0.15, 0.2) is 72.8 Å². The van der Waals surface area contributed by atoms with Gasteiger partial charge in [-0.3, -0.25) is 0 Å². The number of hydrogen-bond acceptors (Lipinski definition) is 2. The fourth-order valence-corrected chi connectivity index (χ4v) is 2.92. The van der Waals surface area contributed by atoms with Crippen LogP contribution in [0.1, 0.15) is 33.5 Å². The van der Waals surface area contributed by atoms with Crippen molar-refractivity contribution >= 4 is 5.97 Å². The molecular formula is C23H21FO3. The molecule has 3 aromatic carbocycles. The van der Waals surface area contributed by atoms with Crippen molar-refractivity contribution < 1.29 is 19.0 Å². The lowest BCUT2D eigenvalue weighted by atomic mass is 10.0. The molecule has 0 radical (unpaired) electrons. The van der Waals surface area contributed by atoms with E-state index in [1.165, 1.54) is 12.1 Å². The van der Waals surface area contributed by atoms with Crippen molar-refractivity contribution in [2.75, 3.05) is 0 Å². The molecule has 0 aliphatic heterocycles. The molecule has 0 bridgehead atoms. The Balaban J connectivity index is 1.60. The topological polar surface area (TPSA) is 46.5 Å². The van der Waals surface area contributed by atoms with E-state index in [1.807, 2.05) is 42.5 Å². The maximum atomic E-state index is 13.7. The summed E-state index contributed by atoms with van der Waals surface area (Å²) in [6, 6.07) is 21.3. The third kappa shape index (κ3) is 5.42. The maximum Gasteiger partial charge on any atom is 0.335 e. The van der Waals surface area contributed by atoms with E-state index in [0.717, 1.165) is 29.5 Å². The monoisotopic (exact) mass is 364 g/mol. The Morgan fingerprint density at radius 3 is 2.33 bits per heavy atom. The molecule has 0 saturated heterocycles. The second-order valence-corrected chi connectivity index (χ2v) is 6.38. The predicted molar refractivity (Wildman–Crippen MR) is 103 cm³/mol. The van der Waals surface area contributed by atoms with Crippen LogP contribution in [0, 0.1) is 5.82 Å². The molecule has 4 heteroatoms. The summed E-state index contributed by atoms with van der Waals surface area (Å²) < 4.78 is 19.6. The second kappa shape index (κ2) is 8.99. The predicted octanol–water partition coefficient (Wildman–Crippen LogP) is 5.28. The van der Waals surface area contributed by atoms with Gasteiger partial charge in [0.2, 0.25) is 0 Å². The summed E-state index contributed by atoms with van der Waals surface area (Å²) in [4.78, 5) is 10.9. The van der Waals surface area contributed by atoms with E-state index in [1.54, 1.807) is 18.2 Å². The molecule has 0 fully saturated rings. The summed E-state index contributed by atoms with van der Waals surface area (Å²) in [5.41, 5.74) is 3.24. The number of rotatable bonds is 8. The lowest BCUT2D eigenvalue weighted by molar-refractivity contribution is 0.0697. The largest absolute Gasteiger partial charge is 0.489 e. The van der Waals surface area contributed by atoms with Crippen LogP contribution in [0.3, 0.4) is 0 Å². The molecule has 0 atom stereocenters. The van der Waals surface area contributed by atoms with Crippen LogP contribution in [0.2, 0.25) is 0 Å². The van der Waals surface area contributed by atoms with Crippen LogP contribution in [0.4, 0.5) is 4.39 Å². The van der Waals surface area contributed by atoms with Gasteiger partial charge >= 0.3 is 5.97 Å². The lowest BCUT2D eigenvalue weighted by Gasteiger charge is -2.12. The Morgan fingerprint density at radius 2 is 1.63 bits per heavy atom. The molecular weight excluding hydrogens is 343 g/mol. The number of ether oxygens (including phenoxy) is 1. The fraction of sp³-hybridized carbons (Fsp3) is 0.174. The number of halogens is 1. The van der Waals surface area contributed by atoms with Gasteiger partial charge in [-0.05, 0) is 66.3 Å². The van der Waals surface area contributed by atoms with Gasteiger partial charge in [-0.25, -0.2) is 9.18 Å². The van der Waals surface area contributed by atoms with Crippen molar-refractivity contribution in [3.8, 4) is 5.75 Å². The molecule has 0 amide bonds. The molecule has 27 heavy (non-hydrogen) atoms. The smallest absolute Gasteiger partial charge is 0.335 e. The first kappa shape index (κ1) is 18.6. The van der Waals surface area contributed by atoms with Crippen molar-refractivity contribution in [2.45, 2.75) is 25.9 Å². The molecule has 0 unspecified atom stereocenters. The minimum atomic E-state index is -0.929. The minimum absolute atomic E-state index is 0.275. The highest BCUT2D eigenvalue weighted by Gasteiger charge is 2.07. The Morgan fingerprint density at radius 1 is 0.889 bits per heavy atom. The van der Waals surface area contributed by atoms with Gasteiger partial charge in [0.05, 0.1) is 5.56 Å². The highest BCUT2D eigenvalue weighted by atomic mass is 19.1. The molecule has 0 spiro atoms. The first-order valence-electron chi connectivity index (χ1n) is 8.89. The highest BCUT2D eigenvalue weighted by molar-refractivity contribution is 5.87. The number of carboxylic acid groups (broad SMARTS) is 1. The molecule has 138 valence electrons. The number of benzene rings is 3. The van der Waals surface area contributed by atoms with Crippen LogP contribution in [-0.2, 0) is 19.4 Å². The van der Waals surface area contributed by atoms with Crippen LogP contribution in [0.5, 0.6) is 5.75 Å². The fourth-order valence-electron chi connectivity index (χ4n) is 2.92. The zero-order valence-corrected chi connectivity index (χ0v) is 14.9. The highest BCUT2D eigenvalue weighted by Crippen LogP contribution is 2.23. The molecule has 0 heterocycles. The Kier molecular flexibility index (Phi) is 6.21. The van der Waals surface area contributed by atoms with E-state index in [-0.39, 0.29) is 11.4 Å². The lowest BCUT2D eigenvalue weighted by Crippen LogP contribution is -2.00. The van der Waals surface area contributed by atoms with Gasteiger partial charge in [-0.2, -0.15) is 0 Å². The van der Waals surface area contributed by atoms with Gasteiger partial charge in [0.1, 0.15) is 18.2 Å². The minimum Gasteiger partial charge on any atom is -0.489 e. The van der Waals surface area contributed by atoms with Crippen molar-refractivity contribution in [3.63, 3.8) is 0 Å². The van der Waals surface area contributed by atoms with E-state index in [9.17, 15) is 9.18 Å². The van der Waals surface area contributed by atoms with Gasteiger partial charge in [0.15, 0.2) is 0 Å². The first-order valence-corrected chi connectivity index (χ1v) is 8.89. The van der Waals surface area contributed by atoms with E-state index < -0.39 is 5.97 Å². The third-order valence-corrected chi connectivity index (χ3v) is 4.37. The van der Waals surface area contributed by atoms with Gasteiger partial charge in [-0.1, -0.05) is 42.5 Å². The SMILES string of the molecule is O=C(O)c1ccc(CCCc2cc(F)ccc2OCc2ccccc2)cc1. The summed E-state index contributed by atoms with van der Waals surface area (Å²) in [6.45, 7) is 0.441. The second-order valence-electron chi connectivity index (χ2n) is 6.38. The van der Waals surface area contributed by atoms with Crippen molar-refractivity contribution in [1.82, 2.24) is 0 Å². The standard InChI is InChI=1S/C23H21FO3/c24-21-13-14-22(27-16-18-5-2-1-3-6-18)20(15-21)8-4-7-17-9-11-19(12-10-17)23(25)26/h1-3,5-6,9-15H,4,7-8,16H2,(H,25,26). The van der Waals surface area contributed by atoms with Crippen LogP contribution < -0.4 is 4.74 Å². The first-order chi connectivity index (χ1) is 13.1. The van der Waals surface area contributed by atoms with Crippen molar-refractivity contribution in [3.05, 3.63) is 101 Å². The summed E-state index contributed by atoms with van der Waals surface area (Å²) >= 11 is 0. The molecule has 0 aromatic heterocycles. The van der Waals surface area contributed by atoms with Crippen LogP contribution in [-0.4, -0.2) is 11.1 Å². The quantitative estimate of drug-likeness (QED) is 0.592. The third-order valence-electron chi connectivity index (χ3n) is 4.37. The normalized spacial score (nSPS) is 10.6. The molecule has 0 saturated carbocycles. The number of aromatic carboxylic acids is 1. The summed E-state index contributed by atoms with van der Waals surface area (Å²) in [5, 5.41) is 8.94. The number of carbonyl (C=O) groups is 1. The zero-order chi connectivity index (χ0) is 19.1. The van der Waals surface area contributed by atoms with E-state index in [4.69, 9.17) is 9.84 Å². The average Bonchev–Trinajstić information content (AvgIpc) is 2.68. The molecule has 3 rings (SSSR count). The molecule has 0 aliphatic carbocycles. The van der Waals surface area contributed by atoms with Gasteiger partial charge < -0.3 is 9.84 Å². The maximum absolute atomic E-state index is 13.7. The van der Waals surface area contributed by atoms with Gasteiger partial charge in [-0.15, -0.1) is 0 Å².